The summed E-state index contributed by atoms with van der Waals surface area (Å²) in [6, 6.07) is 25.3. The normalized spacial score (nSPS) is 15.1. The minimum Gasteiger partial charge on any atom is -0.439 e. The zero-order valence-electron chi connectivity index (χ0n) is 25.6. The maximum Gasteiger partial charge on any atom is 0.229 e. The van der Waals surface area contributed by atoms with Crippen LogP contribution >= 0.6 is 0 Å². The van der Waals surface area contributed by atoms with Crippen molar-refractivity contribution in [3.63, 3.8) is 0 Å². The molecule has 2 atom stereocenters. The number of rotatable bonds is 13. The Labute approximate surface area is 259 Å². The molecule has 1 aliphatic rings. The van der Waals surface area contributed by atoms with Crippen molar-refractivity contribution in [2.24, 2.45) is 4.99 Å². The largest absolute Gasteiger partial charge is 0.439 e. The highest BCUT2D eigenvalue weighted by molar-refractivity contribution is 5.83. The molecule has 8 heteroatoms. The first kappa shape index (κ1) is 30.7. The molecule has 5 rings (SSSR count). The summed E-state index contributed by atoms with van der Waals surface area (Å²) in [6.07, 6.45) is 4.76. The molecule has 0 aliphatic carbocycles. The summed E-state index contributed by atoms with van der Waals surface area (Å²) in [6.45, 7) is 10.3. The molecule has 1 aromatic heterocycles. The Bertz CT molecular complexity index is 1550. The van der Waals surface area contributed by atoms with Gasteiger partial charge in [-0.25, -0.2) is 4.98 Å². The standard InChI is InChI=1S/C36H41N5O3/c1-4-20-40(36(43)26(2)28-14-9-6-10-15-28)22-19-38-31-24-29(17-18-30(31)37-3)35-39-25-33(44-35)32-16-11-21-41(32)34(42)23-27-12-7-5-8-13-27/h5-10,12-15,17-18,24-26,32,38H,3-4,11,16,19-23H2,1-2H3/t26-,32+/m1/s1. The third-order valence-corrected chi connectivity index (χ3v) is 8.21. The van der Waals surface area contributed by atoms with Crippen molar-refractivity contribution < 1.29 is 14.0 Å². The molecule has 8 nitrogen and oxygen atoms in total. The molecule has 0 unspecified atom stereocenters. The molecule has 1 N–H and O–H groups in total. The first-order chi connectivity index (χ1) is 21.5. The summed E-state index contributed by atoms with van der Waals surface area (Å²) in [7, 11) is 0. The number of benzene rings is 3. The van der Waals surface area contributed by atoms with Gasteiger partial charge in [-0.3, -0.25) is 14.6 Å². The summed E-state index contributed by atoms with van der Waals surface area (Å²) < 4.78 is 6.26. The molecule has 44 heavy (non-hydrogen) atoms. The van der Waals surface area contributed by atoms with Crippen molar-refractivity contribution in [3.05, 3.63) is 102 Å². The van der Waals surface area contributed by atoms with E-state index < -0.39 is 0 Å². The zero-order valence-corrected chi connectivity index (χ0v) is 25.6. The Kier molecular flexibility index (Phi) is 10.2. The van der Waals surface area contributed by atoms with Crippen LogP contribution in [0.3, 0.4) is 0 Å². The molecule has 2 heterocycles. The van der Waals surface area contributed by atoms with Crippen molar-refractivity contribution in [2.75, 3.05) is 31.5 Å². The first-order valence-corrected chi connectivity index (χ1v) is 15.5. The first-order valence-electron chi connectivity index (χ1n) is 15.5. The van der Waals surface area contributed by atoms with E-state index >= 15 is 0 Å². The molecule has 1 fully saturated rings. The fourth-order valence-corrected chi connectivity index (χ4v) is 5.84. The number of nitrogens with one attached hydrogen (secondary N) is 1. The zero-order chi connectivity index (χ0) is 30.9. The Hall–Kier alpha value is -4.72. The number of hydrogen-bond donors (Lipinski definition) is 1. The van der Waals surface area contributed by atoms with Gasteiger partial charge in [0, 0.05) is 31.7 Å². The molecule has 2 amide bonds. The van der Waals surface area contributed by atoms with Crippen LogP contribution in [0.2, 0.25) is 0 Å². The molecular formula is C36H41N5O3. The van der Waals surface area contributed by atoms with Crippen LogP contribution in [0.4, 0.5) is 11.4 Å². The van der Waals surface area contributed by atoms with E-state index in [4.69, 9.17) is 4.42 Å². The summed E-state index contributed by atoms with van der Waals surface area (Å²) >= 11 is 0. The van der Waals surface area contributed by atoms with E-state index in [9.17, 15) is 9.59 Å². The van der Waals surface area contributed by atoms with E-state index in [1.807, 2.05) is 95.6 Å². The topological polar surface area (TPSA) is 91.0 Å². The van der Waals surface area contributed by atoms with Crippen molar-refractivity contribution in [3.8, 4) is 11.5 Å². The van der Waals surface area contributed by atoms with Crippen molar-refractivity contribution in [1.82, 2.24) is 14.8 Å². The van der Waals surface area contributed by atoms with Crippen LogP contribution in [0.1, 0.15) is 62.0 Å². The Morgan fingerprint density at radius 2 is 1.84 bits per heavy atom. The van der Waals surface area contributed by atoms with E-state index in [1.165, 1.54) is 0 Å². The van der Waals surface area contributed by atoms with Gasteiger partial charge in [-0.2, -0.15) is 0 Å². The molecule has 0 spiro atoms. The number of hydrogen-bond acceptors (Lipinski definition) is 6. The molecule has 0 bridgehead atoms. The van der Waals surface area contributed by atoms with Crippen LogP contribution < -0.4 is 5.32 Å². The molecule has 1 saturated heterocycles. The number of nitrogens with zero attached hydrogens (tertiary/aromatic N) is 4. The number of aliphatic imine (C=N–C) groups is 1. The minimum absolute atomic E-state index is 0.0957. The molecule has 3 aromatic carbocycles. The second kappa shape index (κ2) is 14.6. The van der Waals surface area contributed by atoms with E-state index in [1.54, 1.807) is 6.20 Å². The maximum absolute atomic E-state index is 13.3. The van der Waals surface area contributed by atoms with Crippen LogP contribution in [-0.4, -0.2) is 59.5 Å². The van der Waals surface area contributed by atoms with Crippen molar-refractivity contribution >= 4 is 29.9 Å². The molecule has 4 aromatic rings. The monoisotopic (exact) mass is 591 g/mol. The summed E-state index contributed by atoms with van der Waals surface area (Å²) in [5, 5.41) is 3.45. The lowest BCUT2D eigenvalue weighted by atomic mass is 9.99. The van der Waals surface area contributed by atoms with E-state index in [2.05, 4.69) is 28.9 Å². The van der Waals surface area contributed by atoms with Crippen LogP contribution in [0, 0.1) is 0 Å². The highest BCUT2D eigenvalue weighted by Crippen LogP contribution is 2.36. The molecular weight excluding hydrogens is 550 g/mol. The lowest BCUT2D eigenvalue weighted by molar-refractivity contribution is -0.132. The predicted octanol–water partition coefficient (Wildman–Crippen LogP) is 7.03. The maximum atomic E-state index is 13.3. The van der Waals surface area contributed by atoms with Crippen LogP contribution in [0.15, 0.2) is 94.5 Å². The minimum atomic E-state index is -0.208. The van der Waals surface area contributed by atoms with Gasteiger partial charge in [-0.15, -0.1) is 0 Å². The van der Waals surface area contributed by atoms with Crippen molar-refractivity contribution in [1.29, 1.82) is 0 Å². The Morgan fingerprint density at radius 3 is 2.57 bits per heavy atom. The number of carbonyl (C=O) groups excluding carboxylic acids is 2. The summed E-state index contributed by atoms with van der Waals surface area (Å²) in [5.74, 6) is 1.19. The van der Waals surface area contributed by atoms with E-state index in [0.717, 1.165) is 41.6 Å². The quantitative estimate of drug-likeness (QED) is 0.169. The fraction of sp³-hybridized carbons (Fsp3) is 0.333. The highest BCUT2D eigenvalue weighted by Gasteiger charge is 2.32. The Morgan fingerprint density at radius 1 is 1.09 bits per heavy atom. The van der Waals surface area contributed by atoms with Gasteiger partial charge in [0.15, 0.2) is 0 Å². The second-order valence-corrected chi connectivity index (χ2v) is 11.2. The van der Waals surface area contributed by atoms with Gasteiger partial charge in [-0.05, 0) is 62.2 Å². The number of oxazole rings is 1. The van der Waals surface area contributed by atoms with Gasteiger partial charge >= 0.3 is 0 Å². The van der Waals surface area contributed by atoms with Gasteiger partial charge in [0.25, 0.3) is 0 Å². The smallest absolute Gasteiger partial charge is 0.229 e. The molecule has 0 saturated carbocycles. The molecule has 1 aliphatic heterocycles. The Balaban J connectivity index is 1.25. The van der Waals surface area contributed by atoms with Crippen LogP contribution in [0.5, 0.6) is 0 Å². The number of carbonyl (C=O) groups is 2. The lowest BCUT2D eigenvalue weighted by Gasteiger charge is -2.26. The SMILES string of the molecule is C=Nc1ccc(-c2ncc([C@@H]3CCCN3C(=O)Cc3ccccc3)o2)cc1NCCN(CCC)C(=O)[C@H](C)c1ccccc1. The predicted molar refractivity (Wildman–Crippen MR) is 175 cm³/mol. The van der Waals surface area contributed by atoms with E-state index in [0.29, 0.717) is 49.9 Å². The van der Waals surface area contributed by atoms with Gasteiger partial charge in [0.05, 0.1) is 36.0 Å². The third-order valence-electron chi connectivity index (χ3n) is 8.21. The number of amides is 2. The number of anilines is 1. The molecule has 228 valence electrons. The van der Waals surface area contributed by atoms with E-state index in [-0.39, 0.29) is 23.8 Å². The van der Waals surface area contributed by atoms with Gasteiger partial charge < -0.3 is 19.5 Å². The summed E-state index contributed by atoms with van der Waals surface area (Å²) in [5.41, 5.74) is 4.32. The number of likely N-dealkylation sites (tertiary alicyclic amines) is 1. The van der Waals surface area contributed by atoms with Crippen LogP contribution in [0.25, 0.3) is 11.5 Å². The lowest BCUT2D eigenvalue weighted by Crippen LogP contribution is -2.38. The molecule has 0 radical (unpaired) electrons. The number of aromatic nitrogens is 1. The van der Waals surface area contributed by atoms with Gasteiger partial charge in [0.1, 0.15) is 5.76 Å². The van der Waals surface area contributed by atoms with Gasteiger partial charge in [-0.1, -0.05) is 67.6 Å². The van der Waals surface area contributed by atoms with Crippen LogP contribution in [-0.2, 0) is 16.0 Å². The average molecular weight is 592 g/mol. The summed E-state index contributed by atoms with van der Waals surface area (Å²) in [4.78, 5) is 39.1. The average Bonchev–Trinajstić information content (AvgIpc) is 3.75. The highest BCUT2D eigenvalue weighted by atomic mass is 16.4. The third kappa shape index (κ3) is 7.25. The second-order valence-electron chi connectivity index (χ2n) is 11.2. The van der Waals surface area contributed by atoms with Gasteiger partial charge in [0.2, 0.25) is 17.7 Å². The van der Waals surface area contributed by atoms with Crippen molar-refractivity contribution in [2.45, 2.75) is 51.5 Å². The fourth-order valence-electron chi connectivity index (χ4n) is 5.84.